The topological polar surface area (TPSA) is 84.9 Å². The normalized spacial score (nSPS) is 20.9. The number of hydrogen-bond donors (Lipinski definition) is 1. The van der Waals surface area contributed by atoms with E-state index in [-0.39, 0.29) is 18.4 Å². The summed E-state index contributed by atoms with van der Waals surface area (Å²) in [6.07, 6.45) is 3.36. The molecule has 1 aliphatic heterocycles. The van der Waals surface area contributed by atoms with Crippen molar-refractivity contribution in [3.63, 3.8) is 0 Å². The van der Waals surface area contributed by atoms with Gasteiger partial charge in [0.15, 0.2) is 6.10 Å². The van der Waals surface area contributed by atoms with E-state index in [9.17, 15) is 14.4 Å². The Balaban J connectivity index is 1.56. The van der Waals surface area contributed by atoms with Crippen molar-refractivity contribution in [3.05, 3.63) is 23.2 Å². The van der Waals surface area contributed by atoms with Crippen LogP contribution in [0.25, 0.3) is 0 Å². The fourth-order valence-electron chi connectivity index (χ4n) is 3.79. The monoisotopic (exact) mass is 408 g/mol. The van der Waals surface area contributed by atoms with E-state index in [1.165, 1.54) is 14.0 Å². The van der Waals surface area contributed by atoms with Crippen LogP contribution in [0, 0.1) is 5.92 Å². The molecule has 28 heavy (non-hydrogen) atoms. The number of carbonyl (C=O) groups excluding carboxylic acids is 3. The summed E-state index contributed by atoms with van der Waals surface area (Å²) in [6, 6.07) is 5.08. The number of carbonyl (C=O) groups is 3. The first kappa shape index (κ1) is 20.5. The number of nitrogens with one attached hydrogen (secondary N) is 1. The van der Waals surface area contributed by atoms with Gasteiger partial charge in [0.1, 0.15) is 5.75 Å². The predicted molar refractivity (Wildman–Crippen MR) is 104 cm³/mol. The standard InChI is InChI=1S/C20H25ClN2O5/c1-12(19(25)22-16-10-14(21)7-8-17(16)27-2)28-20(26)13-9-18(24)23(11-13)15-5-3-4-6-15/h7-8,10,12-13,15H,3-6,9,11H2,1-2H3,(H,22,25)/t12-,13+/m1/s1. The number of nitrogens with zero attached hydrogens (tertiary/aromatic N) is 1. The van der Waals surface area contributed by atoms with Crippen molar-refractivity contribution in [2.75, 3.05) is 19.0 Å². The molecule has 1 aromatic rings. The molecule has 1 aliphatic carbocycles. The van der Waals surface area contributed by atoms with E-state index < -0.39 is 23.9 Å². The number of methoxy groups -OCH3 is 1. The van der Waals surface area contributed by atoms with Gasteiger partial charge in [-0.05, 0) is 38.0 Å². The van der Waals surface area contributed by atoms with Crippen LogP contribution in [0.3, 0.4) is 0 Å². The molecule has 152 valence electrons. The van der Waals surface area contributed by atoms with Crippen LogP contribution >= 0.6 is 11.6 Å². The second-order valence-corrected chi connectivity index (χ2v) is 7.73. The zero-order valence-electron chi connectivity index (χ0n) is 16.1. The van der Waals surface area contributed by atoms with Gasteiger partial charge in [0.05, 0.1) is 18.7 Å². The van der Waals surface area contributed by atoms with E-state index in [1.807, 2.05) is 0 Å². The van der Waals surface area contributed by atoms with Gasteiger partial charge in [-0.3, -0.25) is 14.4 Å². The van der Waals surface area contributed by atoms with Crippen molar-refractivity contribution in [2.45, 2.75) is 51.2 Å². The molecule has 2 fully saturated rings. The van der Waals surface area contributed by atoms with Gasteiger partial charge in [0.2, 0.25) is 5.91 Å². The van der Waals surface area contributed by atoms with E-state index >= 15 is 0 Å². The Kier molecular flexibility index (Phi) is 6.44. The number of amides is 2. The summed E-state index contributed by atoms with van der Waals surface area (Å²) >= 11 is 5.96. The highest BCUT2D eigenvalue weighted by Gasteiger charge is 2.40. The number of halogens is 1. The van der Waals surface area contributed by atoms with E-state index in [2.05, 4.69) is 5.32 Å². The molecular weight excluding hydrogens is 384 g/mol. The minimum atomic E-state index is -1.01. The van der Waals surface area contributed by atoms with Crippen LogP contribution in [0.5, 0.6) is 5.75 Å². The lowest BCUT2D eigenvalue weighted by atomic mass is 10.1. The second-order valence-electron chi connectivity index (χ2n) is 7.30. The van der Waals surface area contributed by atoms with Gasteiger partial charge >= 0.3 is 5.97 Å². The van der Waals surface area contributed by atoms with Crippen molar-refractivity contribution in [1.29, 1.82) is 0 Å². The highest BCUT2D eigenvalue weighted by molar-refractivity contribution is 6.31. The summed E-state index contributed by atoms with van der Waals surface area (Å²) in [6.45, 7) is 1.87. The van der Waals surface area contributed by atoms with Gasteiger partial charge in [-0.1, -0.05) is 24.4 Å². The quantitative estimate of drug-likeness (QED) is 0.731. The van der Waals surface area contributed by atoms with Crippen molar-refractivity contribution < 1.29 is 23.9 Å². The van der Waals surface area contributed by atoms with Gasteiger partial charge in [-0.15, -0.1) is 0 Å². The SMILES string of the molecule is COc1ccc(Cl)cc1NC(=O)[C@@H](C)OC(=O)[C@H]1CC(=O)N(C2CCCC2)C1. The van der Waals surface area contributed by atoms with Crippen molar-refractivity contribution in [1.82, 2.24) is 4.90 Å². The van der Waals surface area contributed by atoms with E-state index in [0.717, 1.165) is 25.7 Å². The first-order valence-electron chi connectivity index (χ1n) is 9.53. The zero-order valence-corrected chi connectivity index (χ0v) is 16.8. The van der Waals surface area contributed by atoms with E-state index in [0.29, 0.717) is 23.0 Å². The number of esters is 1. The number of likely N-dealkylation sites (tertiary alicyclic amines) is 1. The fourth-order valence-corrected chi connectivity index (χ4v) is 3.97. The molecule has 1 N–H and O–H groups in total. The molecular formula is C20H25ClN2O5. The van der Waals surface area contributed by atoms with Crippen LogP contribution in [-0.2, 0) is 19.1 Å². The fraction of sp³-hybridized carbons (Fsp3) is 0.550. The van der Waals surface area contributed by atoms with Crippen molar-refractivity contribution >= 4 is 35.1 Å². The average molecular weight is 409 g/mol. The molecule has 0 aromatic heterocycles. The number of anilines is 1. The Morgan fingerprint density at radius 2 is 2.00 bits per heavy atom. The number of rotatable bonds is 6. The first-order chi connectivity index (χ1) is 13.4. The molecule has 2 amide bonds. The zero-order chi connectivity index (χ0) is 20.3. The van der Waals surface area contributed by atoms with Crippen LogP contribution in [0.2, 0.25) is 5.02 Å². The first-order valence-corrected chi connectivity index (χ1v) is 9.91. The van der Waals surface area contributed by atoms with Crippen LogP contribution < -0.4 is 10.1 Å². The second kappa shape index (κ2) is 8.82. The maximum atomic E-state index is 12.5. The highest BCUT2D eigenvalue weighted by atomic mass is 35.5. The van der Waals surface area contributed by atoms with Crippen LogP contribution in [0.1, 0.15) is 39.0 Å². The third-order valence-corrected chi connectivity index (χ3v) is 5.57. The number of hydrogen-bond acceptors (Lipinski definition) is 5. The molecule has 3 rings (SSSR count). The number of ether oxygens (including phenoxy) is 2. The molecule has 1 heterocycles. The summed E-state index contributed by atoms with van der Waals surface area (Å²) < 4.78 is 10.5. The molecule has 1 aromatic carbocycles. The molecule has 0 spiro atoms. The Hall–Kier alpha value is -2.28. The molecule has 0 bridgehead atoms. The molecule has 1 saturated heterocycles. The lowest BCUT2D eigenvalue weighted by molar-refractivity contribution is -0.157. The minimum Gasteiger partial charge on any atom is -0.495 e. The van der Waals surface area contributed by atoms with Crippen LogP contribution in [-0.4, -0.2) is 48.5 Å². The maximum Gasteiger partial charge on any atom is 0.312 e. The molecule has 7 nitrogen and oxygen atoms in total. The van der Waals surface area contributed by atoms with Crippen molar-refractivity contribution in [2.24, 2.45) is 5.92 Å². The number of benzene rings is 1. The smallest absolute Gasteiger partial charge is 0.312 e. The Bertz CT molecular complexity index is 763. The van der Waals surface area contributed by atoms with Gasteiger partial charge in [0, 0.05) is 24.0 Å². The summed E-state index contributed by atoms with van der Waals surface area (Å²) in [5, 5.41) is 3.10. The van der Waals surface area contributed by atoms with E-state index in [1.54, 1.807) is 23.1 Å². The highest BCUT2D eigenvalue weighted by Crippen LogP contribution is 2.30. The largest absolute Gasteiger partial charge is 0.495 e. The molecule has 2 atom stereocenters. The predicted octanol–water partition coefficient (Wildman–Crippen LogP) is 3.01. The molecule has 2 aliphatic rings. The lowest BCUT2D eigenvalue weighted by Gasteiger charge is -2.24. The Labute approximate surface area is 169 Å². The van der Waals surface area contributed by atoms with Crippen LogP contribution in [0.15, 0.2) is 18.2 Å². The van der Waals surface area contributed by atoms with Crippen LogP contribution in [0.4, 0.5) is 5.69 Å². The molecule has 0 unspecified atom stereocenters. The van der Waals surface area contributed by atoms with Gasteiger partial charge in [0.25, 0.3) is 5.91 Å². The molecule has 8 heteroatoms. The lowest BCUT2D eigenvalue weighted by Crippen LogP contribution is -2.36. The Morgan fingerprint density at radius 3 is 2.68 bits per heavy atom. The van der Waals surface area contributed by atoms with Gasteiger partial charge in [-0.2, -0.15) is 0 Å². The summed E-state index contributed by atoms with van der Waals surface area (Å²) in [5.74, 6) is -1.09. The summed E-state index contributed by atoms with van der Waals surface area (Å²) in [4.78, 5) is 38.9. The van der Waals surface area contributed by atoms with Crippen molar-refractivity contribution in [3.8, 4) is 5.75 Å². The minimum absolute atomic E-state index is 0.00498. The summed E-state index contributed by atoms with van der Waals surface area (Å²) in [5.41, 5.74) is 0.395. The van der Waals surface area contributed by atoms with Gasteiger partial charge in [-0.25, -0.2) is 0 Å². The molecule has 0 radical (unpaired) electrons. The third kappa shape index (κ3) is 4.58. The molecule has 1 saturated carbocycles. The average Bonchev–Trinajstić information content (AvgIpc) is 3.31. The summed E-state index contributed by atoms with van der Waals surface area (Å²) in [7, 11) is 1.48. The van der Waals surface area contributed by atoms with E-state index in [4.69, 9.17) is 21.1 Å². The van der Waals surface area contributed by atoms with Gasteiger partial charge < -0.3 is 19.7 Å². The third-order valence-electron chi connectivity index (χ3n) is 5.34. The maximum absolute atomic E-state index is 12.5. The Morgan fingerprint density at radius 1 is 1.29 bits per heavy atom.